The van der Waals surface area contributed by atoms with Crippen molar-refractivity contribution in [2.75, 3.05) is 30.8 Å². The van der Waals surface area contributed by atoms with E-state index in [4.69, 9.17) is 10.8 Å². The van der Waals surface area contributed by atoms with Crippen LogP contribution in [0.5, 0.6) is 0 Å². The third-order valence-electron chi connectivity index (χ3n) is 2.90. The summed E-state index contributed by atoms with van der Waals surface area (Å²) in [4.78, 5) is 2.22. The van der Waals surface area contributed by atoms with Gasteiger partial charge in [0.1, 0.15) is 0 Å². The lowest BCUT2D eigenvalue weighted by molar-refractivity contribution is 0.283. The van der Waals surface area contributed by atoms with Crippen LogP contribution in [0, 0.1) is 6.92 Å². The molecule has 0 aliphatic carbocycles. The Balaban J connectivity index is 2.62. The van der Waals surface area contributed by atoms with E-state index in [2.05, 4.69) is 33.9 Å². The Bertz CT molecular complexity index is 369. The van der Waals surface area contributed by atoms with Crippen LogP contribution in [-0.4, -0.2) is 25.3 Å². The van der Waals surface area contributed by atoms with Crippen LogP contribution >= 0.6 is 15.9 Å². The van der Waals surface area contributed by atoms with Crippen molar-refractivity contribution in [1.82, 2.24) is 0 Å². The lowest BCUT2D eigenvalue weighted by atomic mass is 10.1. The van der Waals surface area contributed by atoms with Crippen molar-refractivity contribution in [1.29, 1.82) is 0 Å². The van der Waals surface area contributed by atoms with Crippen LogP contribution in [0.25, 0.3) is 0 Å². The molecule has 0 bridgehead atoms. The molecule has 4 heteroatoms. The maximum Gasteiger partial charge on any atom is 0.0512 e. The van der Waals surface area contributed by atoms with Gasteiger partial charge >= 0.3 is 0 Å². The molecule has 1 aromatic carbocycles. The lowest BCUT2D eigenvalue weighted by Gasteiger charge is -2.21. The second-order valence-electron chi connectivity index (χ2n) is 4.37. The summed E-state index contributed by atoms with van der Waals surface area (Å²) < 4.78 is 1.03. The van der Waals surface area contributed by atoms with Gasteiger partial charge in [-0.15, -0.1) is 0 Å². The molecular weight excluding hydrogens is 280 g/mol. The number of aryl methyl sites for hydroxylation is 1. The second-order valence-corrected chi connectivity index (χ2v) is 5.22. The van der Waals surface area contributed by atoms with Crippen LogP contribution in [0.1, 0.15) is 24.8 Å². The number of aliphatic hydroxyl groups excluding tert-OH is 1. The maximum absolute atomic E-state index is 8.72. The van der Waals surface area contributed by atoms with Gasteiger partial charge in [0.05, 0.1) is 5.69 Å². The molecule has 0 unspecified atom stereocenters. The first-order valence-corrected chi connectivity index (χ1v) is 6.73. The Morgan fingerprint density at radius 1 is 1.29 bits per heavy atom. The molecule has 0 saturated carbocycles. The molecule has 3 nitrogen and oxygen atoms in total. The molecule has 0 heterocycles. The van der Waals surface area contributed by atoms with Gasteiger partial charge in [-0.25, -0.2) is 0 Å². The third kappa shape index (κ3) is 4.21. The van der Waals surface area contributed by atoms with Gasteiger partial charge in [-0.1, -0.05) is 0 Å². The predicted octanol–water partition coefficient (Wildman–Crippen LogP) is 2.94. The fraction of sp³-hybridized carbons (Fsp3) is 0.538. The minimum absolute atomic E-state index is 0.286. The van der Waals surface area contributed by atoms with Gasteiger partial charge < -0.3 is 15.7 Å². The number of hydrogen-bond acceptors (Lipinski definition) is 3. The standard InChI is InChI=1S/C13H21BrN2O/c1-10-8-13(11(14)9-12(10)15)16(2)6-4-3-5-7-17/h8-9,17H,3-7,15H2,1-2H3. The van der Waals surface area contributed by atoms with E-state index in [1.54, 1.807) is 0 Å². The van der Waals surface area contributed by atoms with Gasteiger partial charge in [0.15, 0.2) is 0 Å². The van der Waals surface area contributed by atoms with E-state index in [-0.39, 0.29) is 6.61 Å². The molecule has 1 aromatic rings. The van der Waals surface area contributed by atoms with Crippen LogP contribution in [0.2, 0.25) is 0 Å². The molecule has 0 aliphatic heterocycles. The first-order valence-electron chi connectivity index (χ1n) is 5.94. The van der Waals surface area contributed by atoms with E-state index in [0.29, 0.717) is 0 Å². The minimum Gasteiger partial charge on any atom is -0.398 e. The van der Waals surface area contributed by atoms with E-state index < -0.39 is 0 Å². The lowest BCUT2D eigenvalue weighted by Crippen LogP contribution is -2.19. The Kier molecular flexibility index (Phi) is 5.78. The van der Waals surface area contributed by atoms with Crippen molar-refractivity contribution >= 4 is 27.3 Å². The summed E-state index contributed by atoms with van der Waals surface area (Å²) in [6.45, 7) is 3.29. The van der Waals surface area contributed by atoms with Crippen LogP contribution in [-0.2, 0) is 0 Å². The van der Waals surface area contributed by atoms with E-state index in [9.17, 15) is 0 Å². The van der Waals surface area contributed by atoms with Gasteiger partial charge in [-0.3, -0.25) is 0 Å². The Labute approximate surface area is 112 Å². The van der Waals surface area contributed by atoms with Crippen molar-refractivity contribution < 1.29 is 5.11 Å². The van der Waals surface area contributed by atoms with E-state index >= 15 is 0 Å². The number of nitrogens with zero attached hydrogens (tertiary/aromatic N) is 1. The number of nitrogens with two attached hydrogens (primary N) is 1. The maximum atomic E-state index is 8.72. The first kappa shape index (κ1) is 14.3. The summed E-state index contributed by atoms with van der Waals surface area (Å²) >= 11 is 3.54. The first-order chi connectivity index (χ1) is 8.06. The number of nitrogen functional groups attached to an aromatic ring is 1. The second kappa shape index (κ2) is 6.87. The quantitative estimate of drug-likeness (QED) is 0.627. The van der Waals surface area contributed by atoms with Crippen LogP contribution in [0.4, 0.5) is 11.4 Å². The van der Waals surface area contributed by atoms with Crippen molar-refractivity contribution in [3.05, 3.63) is 22.2 Å². The summed E-state index contributed by atoms with van der Waals surface area (Å²) in [6, 6.07) is 4.06. The van der Waals surface area contributed by atoms with E-state index in [1.165, 1.54) is 5.69 Å². The Morgan fingerprint density at radius 2 is 2.00 bits per heavy atom. The highest BCUT2D eigenvalue weighted by molar-refractivity contribution is 9.10. The molecule has 0 saturated heterocycles. The van der Waals surface area contributed by atoms with E-state index in [0.717, 1.165) is 41.5 Å². The van der Waals surface area contributed by atoms with Gasteiger partial charge in [-0.2, -0.15) is 0 Å². The van der Waals surface area contributed by atoms with Gasteiger partial charge in [0.25, 0.3) is 0 Å². The van der Waals surface area contributed by atoms with Crippen molar-refractivity contribution in [2.45, 2.75) is 26.2 Å². The van der Waals surface area contributed by atoms with Crippen molar-refractivity contribution in [2.24, 2.45) is 0 Å². The average Bonchev–Trinajstić information content (AvgIpc) is 2.29. The number of anilines is 2. The number of aliphatic hydroxyl groups is 1. The summed E-state index contributed by atoms with van der Waals surface area (Å²) in [5, 5.41) is 8.72. The fourth-order valence-corrected chi connectivity index (χ4v) is 2.40. The molecule has 3 N–H and O–H groups in total. The number of rotatable bonds is 6. The molecule has 0 fully saturated rings. The average molecular weight is 301 g/mol. The van der Waals surface area contributed by atoms with Gasteiger partial charge in [0.2, 0.25) is 0 Å². The highest BCUT2D eigenvalue weighted by atomic mass is 79.9. The number of hydrogen-bond donors (Lipinski definition) is 2. The zero-order chi connectivity index (χ0) is 12.8. The van der Waals surface area contributed by atoms with Crippen LogP contribution in [0.15, 0.2) is 16.6 Å². The SMILES string of the molecule is Cc1cc(N(C)CCCCCO)c(Br)cc1N. The molecule has 0 aromatic heterocycles. The molecule has 17 heavy (non-hydrogen) atoms. The smallest absolute Gasteiger partial charge is 0.0512 e. The fourth-order valence-electron chi connectivity index (χ4n) is 1.73. The Hall–Kier alpha value is -0.740. The van der Waals surface area contributed by atoms with Gasteiger partial charge in [-0.05, 0) is 59.8 Å². The summed E-state index contributed by atoms with van der Waals surface area (Å²) in [5.41, 5.74) is 8.94. The normalized spacial score (nSPS) is 10.6. The summed E-state index contributed by atoms with van der Waals surface area (Å²) in [7, 11) is 2.08. The van der Waals surface area contributed by atoms with Crippen molar-refractivity contribution in [3.8, 4) is 0 Å². The highest BCUT2D eigenvalue weighted by Crippen LogP contribution is 2.30. The van der Waals surface area contributed by atoms with Crippen molar-refractivity contribution in [3.63, 3.8) is 0 Å². The highest BCUT2D eigenvalue weighted by Gasteiger charge is 2.07. The van der Waals surface area contributed by atoms with Crippen LogP contribution < -0.4 is 10.6 Å². The molecule has 1 rings (SSSR count). The third-order valence-corrected chi connectivity index (χ3v) is 3.53. The topological polar surface area (TPSA) is 49.5 Å². The van der Waals surface area contributed by atoms with Crippen LogP contribution in [0.3, 0.4) is 0 Å². The van der Waals surface area contributed by atoms with E-state index in [1.807, 2.05) is 13.0 Å². The molecule has 0 spiro atoms. The largest absolute Gasteiger partial charge is 0.398 e. The predicted molar refractivity (Wildman–Crippen MR) is 77.5 cm³/mol. The zero-order valence-corrected chi connectivity index (χ0v) is 12.1. The molecule has 0 radical (unpaired) electrons. The Morgan fingerprint density at radius 3 is 2.65 bits per heavy atom. The summed E-state index contributed by atoms with van der Waals surface area (Å²) in [6.07, 6.45) is 3.04. The molecule has 96 valence electrons. The number of unbranched alkanes of at least 4 members (excludes halogenated alkanes) is 2. The number of halogens is 1. The monoisotopic (exact) mass is 300 g/mol. The minimum atomic E-state index is 0.286. The summed E-state index contributed by atoms with van der Waals surface area (Å²) in [5.74, 6) is 0. The molecule has 0 atom stereocenters. The van der Waals surface area contributed by atoms with Gasteiger partial charge in [0, 0.05) is 30.4 Å². The molecule has 0 amide bonds. The zero-order valence-electron chi connectivity index (χ0n) is 10.5. The number of benzene rings is 1. The molecular formula is C13H21BrN2O. The molecule has 0 aliphatic rings.